The first-order chi connectivity index (χ1) is 11.6. The highest BCUT2D eigenvalue weighted by Crippen LogP contribution is 2.32. The second kappa shape index (κ2) is 7.21. The molecule has 1 heterocycles. The van der Waals surface area contributed by atoms with E-state index in [0.717, 1.165) is 23.4 Å². The number of aryl methyl sites for hydroxylation is 1. The van der Waals surface area contributed by atoms with Gasteiger partial charge in [0.05, 0.1) is 19.8 Å². The van der Waals surface area contributed by atoms with Crippen LogP contribution in [0.25, 0.3) is 0 Å². The molecule has 24 heavy (non-hydrogen) atoms. The molecule has 0 spiro atoms. The molecular weight excluding hydrogens is 309 g/mol. The maximum Gasteiger partial charge on any atom is 0.193 e. The van der Waals surface area contributed by atoms with E-state index in [0.29, 0.717) is 31.1 Å². The summed E-state index contributed by atoms with van der Waals surface area (Å²) in [4.78, 5) is 4.24. The molecule has 2 aromatic rings. The average molecular weight is 329 g/mol. The standard InChI is InChI=1S/C18H20FN3O2/c1-12-3-4-13(9-15(12)19)11-21-18(20)22-14-5-6-16-17(10-14)24-8-2-7-23-16/h3-6,9-10H,2,7-8,11H2,1H3,(H3,20,21,22). The topological polar surface area (TPSA) is 68.9 Å². The van der Waals surface area contributed by atoms with Gasteiger partial charge in [-0.05, 0) is 36.2 Å². The number of nitrogens with one attached hydrogen (secondary N) is 1. The Morgan fingerprint density at radius 2 is 1.96 bits per heavy atom. The highest BCUT2D eigenvalue weighted by atomic mass is 19.1. The van der Waals surface area contributed by atoms with Crippen molar-refractivity contribution in [3.8, 4) is 11.5 Å². The molecule has 0 aliphatic carbocycles. The van der Waals surface area contributed by atoms with E-state index in [1.54, 1.807) is 13.0 Å². The number of hydrogen-bond acceptors (Lipinski definition) is 3. The number of guanidine groups is 1. The highest BCUT2D eigenvalue weighted by Gasteiger charge is 2.10. The zero-order chi connectivity index (χ0) is 16.9. The minimum atomic E-state index is -0.239. The van der Waals surface area contributed by atoms with Crippen molar-refractivity contribution in [3.63, 3.8) is 0 Å². The summed E-state index contributed by atoms with van der Waals surface area (Å²) in [7, 11) is 0. The van der Waals surface area contributed by atoms with Crippen LogP contribution in [0, 0.1) is 12.7 Å². The van der Waals surface area contributed by atoms with Crippen molar-refractivity contribution in [2.24, 2.45) is 10.7 Å². The normalized spacial score (nSPS) is 14.2. The van der Waals surface area contributed by atoms with Gasteiger partial charge >= 0.3 is 0 Å². The number of aliphatic imine (C=N–C) groups is 1. The lowest BCUT2D eigenvalue weighted by atomic mass is 10.1. The van der Waals surface area contributed by atoms with Crippen LogP contribution in [0.5, 0.6) is 11.5 Å². The molecular formula is C18H20FN3O2. The van der Waals surface area contributed by atoms with Gasteiger partial charge in [0.1, 0.15) is 5.82 Å². The molecule has 0 aromatic heterocycles. The molecule has 0 radical (unpaired) electrons. The number of nitrogens with two attached hydrogens (primary N) is 1. The van der Waals surface area contributed by atoms with Gasteiger partial charge in [-0.1, -0.05) is 12.1 Å². The van der Waals surface area contributed by atoms with Crippen LogP contribution in [0.3, 0.4) is 0 Å². The molecule has 0 bridgehead atoms. The van der Waals surface area contributed by atoms with Gasteiger partial charge in [0.2, 0.25) is 0 Å². The van der Waals surface area contributed by atoms with Crippen molar-refractivity contribution in [2.75, 3.05) is 18.5 Å². The van der Waals surface area contributed by atoms with E-state index in [1.807, 2.05) is 24.3 Å². The summed E-state index contributed by atoms with van der Waals surface area (Å²) in [6.45, 7) is 3.30. The molecule has 6 heteroatoms. The summed E-state index contributed by atoms with van der Waals surface area (Å²) in [5.41, 5.74) is 8.04. The quantitative estimate of drug-likeness (QED) is 0.670. The molecule has 5 nitrogen and oxygen atoms in total. The fraction of sp³-hybridized carbons (Fsp3) is 0.278. The highest BCUT2D eigenvalue weighted by molar-refractivity contribution is 5.92. The maximum atomic E-state index is 13.5. The van der Waals surface area contributed by atoms with Crippen LogP contribution in [-0.2, 0) is 6.54 Å². The van der Waals surface area contributed by atoms with Crippen LogP contribution in [0.15, 0.2) is 41.4 Å². The molecule has 1 aliphatic rings. The number of nitrogens with zero attached hydrogens (tertiary/aromatic N) is 1. The van der Waals surface area contributed by atoms with E-state index in [2.05, 4.69) is 10.3 Å². The fourth-order valence-corrected chi connectivity index (χ4v) is 2.34. The molecule has 0 amide bonds. The fourth-order valence-electron chi connectivity index (χ4n) is 2.34. The number of anilines is 1. The Balaban J connectivity index is 1.66. The van der Waals surface area contributed by atoms with Crippen molar-refractivity contribution >= 4 is 11.6 Å². The molecule has 0 saturated carbocycles. The van der Waals surface area contributed by atoms with Crippen molar-refractivity contribution in [2.45, 2.75) is 19.9 Å². The number of rotatable bonds is 3. The van der Waals surface area contributed by atoms with Crippen molar-refractivity contribution < 1.29 is 13.9 Å². The third-order valence-electron chi connectivity index (χ3n) is 3.69. The van der Waals surface area contributed by atoms with Gasteiger partial charge in [0, 0.05) is 18.2 Å². The van der Waals surface area contributed by atoms with Crippen LogP contribution in [0.1, 0.15) is 17.5 Å². The Labute approximate surface area is 140 Å². The lowest BCUT2D eigenvalue weighted by molar-refractivity contribution is 0.297. The molecule has 0 atom stereocenters. The number of fused-ring (bicyclic) bond motifs is 1. The molecule has 3 rings (SSSR count). The Bertz CT molecular complexity index is 762. The average Bonchev–Trinajstić information content (AvgIpc) is 2.81. The van der Waals surface area contributed by atoms with Gasteiger partial charge in [0.15, 0.2) is 17.5 Å². The maximum absolute atomic E-state index is 13.5. The van der Waals surface area contributed by atoms with Crippen LogP contribution in [-0.4, -0.2) is 19.2 Å². The Kier molecular flexibility index (Phi) is 4.84. The van der Waals surface area contributed by atoms with E-state index < -0.39 is 0 Å². The predicted octanol–water partition coefficient (Wildman–Crippen LogP) is 3.22. The van der Waals surface area contributed by atoms with Crippen LogP contribution < -0.4 is 20.5 Å². The molecule has 1 aliphatic heterocycles. The Morgan fingerprint density at radius 3 is 2.75 bits per heavy atom. The number of benzene rings is 2. The monoisotopic (exact) mass is 329 g/mol. The summed E-state index contributed by atoms with van der Waals surface area (Å²) < 4.78 is 24.7. The van der Waals surface area contributed by atoms with Crippen LogP contribution in [0.2, 0.25) is 0 Å². The smallest absolute Gasteiger partial charge is 0.193 e. The van der Waals surface area contributed by atoms with Gasteiger partial charge in [-0.25, -0.2) is 9.38 Å². The number of halogens is 1. The van der Waals surface area contributed by atoms with E-state index in [-0.39, 0.29) is 11.8 Å². The zero-order valence-corrected chi connectivity index (χ0v) is 13.5. The van der Waals surface area contributed by atoms with E-state index >= 15 is 0 Å². The lowest BCUT2D eigenvalue weighted by Crippen LogP contribution is -2.22. The number of ether oxygens (including phenoxy) is 2. The Morgan fingerprint density at radius 1 is 1.17 bits per heavy atom. The van der Waals surface area contributed by atoms with Crippen molar-refractivity contribution in [1.82, 2.24) is 0 Å². The lowest BCUT2D eigenvalue weighted by Gasteiger charge is -2.10. The van der Waals surface area contributed by atoms with Gasteiger partial charge in [-0.3, -0.25) is 0 Å². The minimum Gasteiger partial charge on any atom is -0.490 e. The van der Waals surface area contributed by atoms with Crippen molar-refractivity contribution in [1.29, 1.82) is 0 Å². The van der Waals surface area contributed by atoms with Crippen LogP contribution >= 0.6 is 0 Å². The van der Waals surface area contributed by atoms with Gasteiger partial charge < -0.3 is 20.5 Å². The van der Waals surface area contributed by atoms with Crippen molar-refractivity contribution in [3.05, 3.63) is 53.3 Å². The third kappa shape index (κ3) is 3.95. The first-order valence-electron chi connectivity index (χ1n) is 7.83. The summed E-state index contributed by atoms with van der Waals surface area (Å²) in [6, 6.07) is 10.6. The first kappa shape index (κ1) is 16.1. The summed E-state index contributed by atoms with van der Waals surface area (Å²) in [5, 5.41) is 3.01. The van der Waals surface area contributed by atoms with E-state index in [9.17, 15) is 4.39 Å². The second-order valence-electron chi connectivity index (χ2n) is 5.62. The summed E-state index contributed by atoms with van der Waals surface area (Å²) >= 11 is 0. The first-order valence-corrected chi connectivity index (χ1v) is 7.83. The second-order valence-corrected chi connectivity index (χ2v) is 5.62. The molecule has 0 fully saturated rings. The van der Waals surface area contributed by atoms with Gasteiger partial charge in [0.25, 0.3) is 0 Å². The van der Waals surface area contributed by atoms with Crippen LogP contribution in [0.4, 0.5) is 10.1 Å². The van der Waals surface area contributed by atoms with E-state index in [4.69, 9.17) is 15.2 Å². The van der Waals surface area contributed by atoms with Gasteiger partial charge in [-0.2, -0.15) is 0 Å². The largest absolute Gasteiger partial charge is 0.490 e. The zero-order valence-electron chi connectivity index (χ0n) is 13.5. The molecule has 2 aromatic carbocycles. The molecule has 0 saturated heterocycles. The third-order valence-corrected chi connectivity index (χ3v) is 3.69. The number of hydrogen-bond donors (Lipinski definition) is 2. The summed E-state index contributed by atoms with van der Waals surface area (Å²) in [6.07, 6.45) is 0.855. The SMILES string of the molecule is Cc1ccc(CN=C(N)Nc2ccc3c(c2)OCCCO3)cc1F. The molecule has 126 valence electrons. The molecule has 0 unspecified atom stereocenters. The van der Waals surface area contributed by atoms with Gasteiger partial charge in [-0.15, -0.1) is 0 Å². The predicted molar refractivity (Wildman–Crippen MR) is 92.1 cm³/mol. The molecule has 3 N–H and O–H groups in total. The summed E-state index contributed by atoms with van der Waals surface area (Å²) in [5.74, 6) is 1.43. The minimum absolute atomic E-state index is 0.239. The van der Waals surface area contributed by atoms with E-state index in [1.165, 1.54) is 6.07 Å². The Hall–Kier alpha value is -2.76.